The van der Waals surface area contributed by atoms with Gasteiger partial charge in [-0.1, -0.05) is 23.2 Å². The molecule has 1 aromatic heterocycles. The molecule has 0 radical (unpaired) electrons. The molecule has 1 fully saturated rings. The third kappa shape index (κ3) is 4.88. The van der Waals surface area contributed by atoms with E-state index in [0.717, 1.165) is 31.1 Å². The predicted octanol–water partition coefficient (Wildman–Crippen LogP) is 3.37. The summed E-state index contributed by atoms with van der Waals surface area (Å²) in [5, 5.41) is 1.21. The van der Waals surface area contributed by atoms with Crippen LogP contribution in [0.5, 0.6) is 0 Å². The number of likely N-dealkylation sites (N-methyl/N-ethyl adjacent to an activating group) is 1. The molecule has 1 unspecified atom stereocenters. The minimum absolute atomic E-state index is 0.00829. The van der Waals surface area contributed by atoms with Crippen LogP contribution in [0.4, 0.5) is 11.9 Å². The zero-order chi connectivity index (χ0) is 18.0. The third-order valence-electron chi connectivity index (χ3n) is 3.96. The van der Waals surface area contributed by atoms with E-state index < -0.39 is 0 Å². The van der Waals surface area contributed by atoms with Crippen LogP contribution in [0.2, 0.25) is 10.0 Å². The molecule has 0 amide bonds. The molecule has 134 valence electrons. The average molecular weight is 399 g/mol. The van der Waals surface area contributed by atoms with Gasteiger partial charge in [-0.25, -0.2) is 0 Å². The standard InChI is InChI=1S/C16H20Cl2N6S/c1-10(25-13-8-11(17)7-12(18)9-13)14-20-15(19)22-16(21-14)24-5-3-23(2)4-6-24/h7-10H,3-6H2,1-2H3,(H2,19,20,21,22). The van der Waals surface area contributed by atoms with Crippen LogP contribution in [-0.4, -0.2) is 53.1 Å². The molecule has 0 aliphatic carbocycles. The normalized spacial score (nSPS) is 16.9. The van der Waals surface area contributed by atoms with Crippen LogP contribution in [0, 0.1) is 0 Å². The van der Waals surface area contributed by atoms with Gasteiger partial charge in [0.25, 0.3) is 0 Å². The van der Waals surface area contributed by atoms with E-state index in [9.17, 15) is 0 Å². The van der Waals surface area contributed by atoms with Crippen LogP contribution in [0.15, 0.2) is 23.1 Å². The summed E-state index contributed by atoms with van der Waals surface area (Å²) >= 11 is 13.7. The van der Waals surface area contributed by atoms with Gasteiger partial charge in [0.2, 0.25) is 11.9 Å². The van der Waals surface area contributed by atoms with E-state index in [1.165, 1.54) is 0 Å². The summed E-state index contributed by atoms with van der Waals surface area (Å²) in [4.78, 5) is 18.7. The Morgan fingerprint density at radius 2 is 1.68 bits per heavy atom. The quantitative estimate of drug-likeness (QED) is 0.791. The summed E-state index contributed by atoms with van der Waals surface area (Å²) in [6.07, 6.45) is 0. The van der Waals surface area contributed by atoms with E-state index in [0.29, 0.717) is 21.8 Å². The van der Waals surface area contributed by atoms with Crippen molar-refractivity contribution < 1.29 is 0 Å². The lowest BCUT2D eigenvalue weighted by molar-refractivity contribution is 0.311. The van der Waals surface area contributed by atoms with Crippen LogP contribution in [0.3, 0.4) is 0 Å². The fourth-order valence-corrected chi connectivity index (χ4v) is 4.24. The Hall–Kier alpha value is -1.28. The van der Waals surface area contributed by atoms with Crippen molar-refractivity contribution in [2.45, 2.75) is 17.1 Å². The zero-order valence-electron chi connectivity index (χ0n) is 14.1. The smallest absolute Gasteiger partial charge is 0.230 e. The fraction of sp³-hybridized carbons (Fsp3) is 0.438. The monoisotopic (exact) mass is 398 g/mol. The lowest BCUT2D eigenvalue weighted by atomic mass is 10.3. The van der Waals surface area contributed by atoms with E-state index in [4.69, 9.17) is 28.9 Å². The van der Waals surface area contributed by atoms with Crippen LogP contribution in [0.1, 0.15) is 18.0 Å². The van der Waals surface area contributed by atoms with E-state index in [2.05, 4.69) is 31.8 Å². The molecule has 1 aliphatic heterocycles. The Bertz CT molecular complexity index is 731. The lowest BCUT2D eigenvalue weighted by Crippen LogP contribution is -2.45. The number of rotatable bonds is 4. The number of thioether (sulfide) groups is 1. The van der Waals surface area contributed by atoms with E-state index in [-0.39, 0.29) is 11.2 Å². The highest BCUT2D eigenvalue weighted by Gasteiger charge is 2.20. The van der Waals surface area contributed by atoms with Crippen molar-refractivity contribution in [3.8, 4) is 0 Å². The number of aromatic nitrogens is 3. The number of nitrogens with two attached hydrogens (primary N) is 1. The Kier molecular flexibility index (Phi) is 5.89. The summed E-state index contributed by atoms with van der Waals surface area (Å²) in [5.74, 6) is 1.55. The molecule has 2 N–H and O–H groups in total. The highest BCUT2D eigenvalue weighted by Crippen LogP contribution is 2.36. The number of nitrogen functional groups attached to an aromatic ring is 1. The Labute approximate surface area is 161 Å². The SMILES string of the molecule is CC(Sc1cc(Cl)cc(Cl)c1)c1nc(N)nc(N2CCN(C)CC2)n1. The zero-order valence-corrected chi connectivity index (χ0v) is 16.4. The van der Waals surface area contributed by atoms with Gasteiger partial charge < -0.3 is 15.5 Å². The number of piperazine rings is 1. The Morgan fingerprint density at radius 3 is 2.32 bits per heavy atom. The van der Waals surface area contributed by atoms with Crippen molar-refractivity contribution >= 4 is 46.9 Å². The van der Waals surface area contributed by atoms with E-state index in [1.807, 2.05) is 19.1 Å². The van der Waals surface area contributed by atoms with Crippen molar-refractivity contribution in [2.24, 2.45) is 0 Å². The van der Waals surface area contributed by atoms with Crippen LogP contribution >= 0.6 is 35.0 Å². The maximum Gasteiger partial charge on any atom is 0.230 e. The van der Waals surface area contributed by atoms with E-state index in [1.54, 1.807) is 17.8 Å². The molecular formula is C16H20Cl2N6S. The summed E-state index contributed by atoms with van der Waals surface area (Å²) in [6, 6.07) is 5.46. The highest BCUT2D eigenvalue weighted by atomic mass is 35.5. The maximum absolute atomic E-state index is 6.07. The van der Waals surface area contributed by atoms with Gasteiger partial charge in [-0.15, -0.1) is 11.8 Å². The van der Waals surface area contributed by atoms with Crippen LogP contribution < -0.4 is 10.6 Å². The number of hydrogen-bond acceptors (Lipinski definition) is 7. The van der Waals surface area contributed by atoms with Gasteiger partial charge >= 0.3 is 0 Å². The van der Waals surface area contributed by atoms with Gasteiger partial charge in [-0.05, 0) is 32.2 Å². The molecule has 3 rings (SSSR count). The first-order valence-electron chi connectivity index (χ1n) is 7.98. The fourth-order valence-electron chi connectivity index (χ4n) is 2.58. The number of hydrogen-bond donors (Lipinski definition) is 1. The maximum atomic E-state index is 6.07. The van der Waals surface area contributed by atoms with E-state index >= 15 is 0 Å². The third-order valence-corrected chi connectivity index (χ3v) is 5.47. The van der Waals surface area contributed by atoms with Crippen LogP contribution in [0.25, 0.3) is 0 Å². The number of benzene rings is 1. The summed E-state index contributed by atoms with van der Waals surface area (Å²) in [5.41, 5.74) is 5.92. The molecule has 2 heterocycles. The molecule has 25 heavy (non-hydrogen) atoms. The topological polar surface area (TPSA) is 71.2 Å². The summed E-state index contributed by atoms with van der Waals surface area (Å²) in [7, 11) is 2.11. The minimum atomic E-state index is -0.00829. The number of anilines is 2. The van der Waals surface area contributed by atoms with Gasteiger partial charge in [0.1, 0.15) is 5.82 Å². The first-order chi connectivity index (χ1) is 11.9. The van der Waals surface area contributed by atoms with Gasteiger partial charge in [0.05, 0.1) is 5.25 Å². The van der Waals surface area contributed by atoms with Crippen molar-refractivity contribution in [3.05, 3.63) is 34.1 Å². The molecule has 0 bridgehead atoms. The molecule has 0 saturated carbocycles. The van der Waals surface area contributed by atoms with Gasteiger partial charge in [0, 0.05) is 41.1 Å². The lowest BCUT2D eigenvalue weighted by Gasteiger charge is -2.32. The molecule has 1 atom stereocenters. The predicted molar refractivity (Wildman–Crippen MR) is 105 cm³/mol. The molecule has 0 spiro atoms. The van der Waals surface area contributed by atoms with Crippen molar-refractivity contribution in [3.63, 3.8) is 0 Å². The first-order valence-corrected chi connectivity index (χ1v) is 9.62. The molecule has 1 aliphatic rings. The average Bonchev–Trinajstić information content (AvgIpc) is 2.54. The Morgan fingerprint density at radius 1 is 1.04 bits per heavy atom. The number of halogens is 2. The molecule has 1 aromatic carbocycles. The second-order valence-electron chi connectivity index (χ2n) is 6.01. The molecule has 9 heteroatoms. The van der Waals surface area contributed by atoms with Crippen molar-refractivity contribution in [2.75, 3.05) is 43.9 Å². The highest BCUT2D eigenvalue weighted by molar-refractivity contribution is 7.99. The largest absolute Gasteiger partial charge is 0.368 e. The second-order valence-corrected chi connectivity index (χ2v) is 8.29. The molecule has 1 saturated heterocycles. The van der Waals surface area contributed by atoms with Crippen molar-refractivity contribution in [1.29, 1.82) is 0 Å². The first kappa shape index (κ1) is 18.5. The summed E-state index contributed by atoms with van der Waals surface area (Å²) < 4.78 is 0. The van der Waals surface area contributed by atoms with Gasteiger partial charge in [0.15, 0.2) is 0 Å². The van der Waals surface area contributed by atoms with Crippen LogP contribution in [-0.2, 0) is 0 Å². The molecule has 2 aromatic rings. The minimum Gasteiger partial charge on any atom is -0.368 e. The van der Waals surface area contributed by atoms with Gasteiger partial charge in [-0.3, -0.25) is 0 Å². The summed E-state index contributed by atoms with van der Waals surface area (Å²) in [6.45, 7) is 5.75. The van der Waals surface area contributed by atoms with Gasteiger partial charge in [-0.2, -0.15) is 15.0 Å². The molecule has 6 nitrogen and oxygen atoms in total. The Balaban J connectivity index is 1.79. The molecular weight excluding hydrogens is 379 g/mol. The van der Waals surface area contributed by atoms with Crippen molar-refractivity contribution in [1.82, 2.24) is 19.9 Å². The second kappa shape index (κ2) is 7.95. The number of nitrogens with zero attached hydrogens (tertiary/aromatic N) is 5.